The summed E-state index contributed by atoms with van der Waals surface area (Å²) in [5, 5.41) is 2.65. The zero-order valence-corrected chi connectivity index (χ0v) is 17.1. The van der Waals surface area contributed by atoms with E-state index in [1.54, 1.807) is 4.90 Å². The smallest absolute Gasteiger partial charge is 0.406 e. The van der Waals surface area contributed by atoms with Crippen molar-refractivity contribution in [3.8, 4) is 5.75 Å². The molecular weight excluding hydrogens is 411 g/mol. The quantitative estimate of drug-likeness (QED) is 0.757. The minimum Gasteiger partial charge on any atom is -0.406 e. The lowest BCUT2D eigenvalue weighted by Crippen LogP contribution is -2.50. The van der Waals surface area contributed by atoms with Gasteiger partial charge in [0.2, 0.25) is 11.8 Å². The molecule has 31 heavy (non-hydrogen) atoms. The third-order valence-corrected chi connectivity index (χ3v) is 5.07. The number of ether oxygens (including phenoxy) is 1. The summed E-state index contributed by atoms with van der Waals surface area (Å²) >= 11 is 0. The molecule has 166 valence electrons. The molecule has 3 rings (SSSR count). The SMILES string of the molecule is Cc1ccccc1CC(=O)N1CCN(CC(=O)Nc2ccc(OC(F)(F)F)cc2)CC1. The van der Waals surface area contributed by atoms with E-state index in [2.05, 4.69) is 10.1 Å². The molecule has 0 unspecified atom stereocenters. The molecule has 0 saturated carbocycles. The van der Waals surface area contributed by atoms with Gasteiger partial charge in [0.25, 0.3) is 0 Å². The number of rotatable bonds is 6. The van der Waals surface area contributed by atoms with Crippen LogP contribution in [0.1, 0.15) is 11.1 Å². The predicted molar refractivity (Wildman–Crippen MR) is 110 cm³/mol. The molecule has 2 amide bonds. The van der Waals surface area contributed by atoms with E-state index in [-0.39, 0.29) is 24.1 Å². The van der Waals surface area contributed by atoms with Crippen LogP contribution in [0.15, 0.2) is 48.5 Å². The fraction of sp³-hybridized carbons (Fsp3) is 0.364. The zero-order chi connectivity index (χ0) is 22.4. The second-order valence-corrected chi connectivity index (χ2v) is 7.38. The van der Waals surface area contributed by atoms with Crippen LogP contribution in [0.25, 0.3) is 0 Å². The average Bonchev–Trinajstić information content (AvgIpc) is 2.70. The maximum Gasteiger partial charge on any atom is 0.573 e. The van der Waals surface area contributed by atoms with E-state index in [4.69, 9.17) is 0 Å². The van der Waals surface area contributed by atoms with E-state index in [9.17, 15) is 22.8 Å². The first-order valence-corrected chi connectivity index (χ1v) is 9.90. The predicted octanol–water partition coefficient (Wildman–Crippen LogP) is 3.22. The Hall–Kier alpha value is -3.07. The van der Waals surface area contributed by atoms with Crippen molar-refractivity contribution in [2.24, 2.45) is 0 Å². The van der Waals surface area contributed by atoms with Gasteiger partial charge in [-0.25, -0.2) is 0 Å². The number of alkyl halides is 3. The number of nitrogens with one attached hydrogen (secondary N) is 1. The molecule has 0 spiro atoms. The maximum atomic E-state index is 12.6. The molecule has 2 aromatic carbocycles. The molecular formula is C22H24F3N3O3. The first-order valence-electron chi connectivity index (χ1n) is 9.90. The van der Waals surface area contributed by atoms with Crippen LogP contribution in [-0.2, 0) is 16.0 Å². The van der Waals surface area contributed by atoms with Crippen molar-refractivity contribution < 1.29 is 27.5 Å². The number of nitrogens with zero attached hydrogens (tertiary/aromatic N) is 2. The summed E-state index contributed by atoms with van der Waals surface area (Å²) in [5.74, 6) is -0.555. The highest BCUT2D eigenvalue weighted by Gasteiger charge is 2.31. The minimum absolute atomic E-state index is 0.0690. The van der Waals surface area contributed by atoms with Crippen molar-refractivity contribution in [1.29, 1.82) is 0 Å². The van der Waals surface area contributed by atoms with E-state index >= 15 is 0 Å². The van der Waals surface area contributed by atoms with Gasteiger partial charge in [0.15, 0.2) is 0 Å². The Morgan fingerprint density at radius 1 is 1.00 bits per heavy atom. The van der Waals surface area contributed by atoms with E-state index in [1.165, 1.54) is 12.1 Å². The Kier molecular flexibility index (Phi) is 7.17. The summed E-state index contributed by atoms with van der Waals surface area (Å²) in [4.78, 5) is 28.5. The van der Waals surface area contributed by atoms with Crippen LogP contribution in [0.5, 0.6) is 5.75 Å². The number of carbonyl (C=O) groups excluding carboxylic acids is 2. The number of carbonyl (C=O) groups is 2. The molecule has 9 heteroatoms. The van der Waals surface area contributed by atoms with Crippen molar-refractivity contribution in [3.63, 3.8) is 0 Å². The van der Waals surface area contributed by atoms with Crippen molar-refractivity contribution in [2.75, 3.05) is 38.0 Å². The Morgan fingerprint density at radius 2 is 1.65 bits per heavy atom. The molecule has 1 N–H and O–H groups in total. The van der Waals surface area contributed by atoms with Crippen molar-refractivity contribution in [3.05, 3.63) is 59.7 Å². The van der Waals surface area contributed by atoms with Crippen molar-refractivity contribution in [2.45, 2.75) is 19.7 Å². The highest BCUT2D eigenvalue weighted by molar-refractivity contribution is 5.92. The lowest BCUT2D eigenvalue weighted by molar-refractivity contribution is -0.274. The molecule has 0 aliphatic carbocycles. The molecule has 0 atom stereocenters. The Balaban J connectivity index is 1.42. The number of hydrogen-bond acceptors (Lipinski definition) is 4. The molecule has 0 radical (unpaired) electrons. The van der Waals surface area contributed by atoms with Crippen molar-refractivity contribution >= 4 is 17.5 Å². The summed E-state index contributed by atoms with van der Waals surface area (Å²) in [7, 11) is 0. The third-order valence-electron chi connectivity index (χ3n) is 5.07. The number of amides is 2. The van der Waals surface area contributed by atoms with Gasteiger partial charge in [-0.2, -0.15) is 0 Å². The lowest BCUT2D eigenvalue weighted by Gasteiger charge is -2.34. The van der Waals surface area contributed by atoms with Crippen LogP contribution in [0.3, 0.4) is 0 Å². The van der Waals surface area contributed by atoms with Crippen LogP contribution in [0.2, 0.25) is 0 Å². The van der Waals surface area contributed by atoms with Gasteiger partial charge in [0, 0.05) is 31.9 Å². The fourth-order valence-electron chi connectivity index (χ4n) is 3.38. The summed E-state index contributed by atoms with van der Waals surface area (Å²) in [6.45, 7) is 4.36. The number of piperazine rings is 1. The topological polar surface area (TPSA) is 61.9 Å². The molecule has 2 aromatic rings. The van der Waals surface area contributed by atoms with Gasteiger partial charge < -0.3 is 15.0 Å². The molecule has 1 fully saturated rings. The van der Waals surface area contributed by atoms with Crippen molar-refractivity contribution in [1.82, 2.24) is 9.80 Å². The lowest BCUT2D eigenvalue weighted by atomic mass is 10.1. The normalized spacial score (nSPS) is 14.9. The first-order chi connectivity index (χ1) is 14.7. The molecule has 1 saturated heterocycles. The van der Waals surface area contributed by atoms with E-state index < -0.39 is 6.36 Å². The number of anilines is 1. The Morgan fingerprint density at radius 3 is 2.26 bits per heavy atom. The third kappa shape index (κ3) is 6.99. The largest absolute Gasteiger partial charge is 0.573 e. The Labute approximate surface area is 178 Å². The summed E-state index contributed by atoms with van der Waals surface area (Å²) in [6, 6.07) is 12.8. The second kappa shape index (κ2) is 9.82. The minimum atomic E-state index is -4.76. The van der Waals surface area contributed by atoms with E-state index in [0.29, 0.717) is 38.3 Å². The standard InChI is InChI=1S/C22H24F3N3O3/c1-16-4-2-3-5-17(16)14-21(30)28-12-10-27(11-13-28)15-20(29)26-18-6-8-19(9-7-18)31-22(23,24)25/h2-9H,10-15H2,1H3,(H,26,29). The zero-order valence-electron chi connectivity index (χ0n) is 17.1. The molecule has 1 heterocycles. The van der Waals surface area contributed by atoms with Crippen LogP contribution in [0, 0.1) is 6.92 Å². The molecule has 0 aromatic heterocycles. The molecule has 1 aliphatic rings. The van der Waals surface area contributed by atoms with Gasteiger partial charge in [0.05, 0.1) is 13.0 Å². The van der Waals surface area contributed by atoms with Crippen LogP contribution in [-0.4, -0.2) is 60.7 Å². The summed E-state index contributed by atoms with van der Waals surface area (Å²) in [6.07, 6.45) is -4.39. The van der Waals surface area contributed by atoms with E-state index in [1.807, 2.05) is 36.1 Å². The van der Waals surface area contributed by atoms with Gasteiger partial charge in [-0.05, 0) is 42.3 Å². The monoisotopic (exact) mass is 435 g/mol. The number of benzene rings is 2. The number of hydrogen-bond donors (Lipinski definition) is 1. The highest BCUT2D eigenvalue weighted by Crippen LogP contribution is 2.24. The Bertz CT molecular complexity index is 908. The summed E-state index contributed by atoms with van der Waals surface area (Å²) in [5.41, 5.74) is 2.48. The van der Waals surface area contributed by atoms with Crippen LogP contribution in [0.4, 0.5) is 18.9 Å². The van der Waals surface area contributed by atoms with Gasteiger partial charge in [-0.15, -0.1) is 13.2 Å². The average molecular weight is 435 g/mol. The van der Waals surface area contributed by atoms with Gasteiger partial charge in [0.1, 0.15) is 5.75 Å². The molecule has 1 aliphatic heterocycles. The van der Waals surface area contributed by atoms with Crippen LogP contribution >= 0.6 is 0 Å². The number of aryl methyl sites for hydroxylation is 1. The van der Waals surface area contributed by atoms with Gasteiger partial charge in [-0.3, -0.25) is 14.5 Å². The fourth-order valence-corrected chi connectivity index (χ4v) is 3.38. The summed E-state index contributed by atoms with van der Waals surface area (Å²) < 4.78 is 40.4. The first kappa shape index (κ1) is 22.6. The van der Waals surface area contributed by atoms with Crippen LogP contribution < -0.4 is 10.1 Å². The molecule has 6 nitrogen and oxygen atoms in total. The van der Waals surface area contributed by atoms with Gasteiger partial charge >= 0.3 is 6.36 Å². The van der Waals surface area contributed by atoms with E-state index in [0.717, 1.165) is 23.3 Å². The van der Waals surface area contributed by atoms with Gasteiger partial charge in [-0.1, -0.05) is 24.3 Å². The maximum absolute atomic E-state index is 12.6. The highest BCUT2D eigenvalue weighted by atomic mass is 19.4. The number of halogens is 3. The second-order valence-electron chi connectivity index (χ2n) is 7.38. The molecule has 0 bridgehead atoms.